The Labute approximate surface area is 107 Å². The maximum Gasteiger partial charge on any atom is 0.173 e. The lowest BCUT2D eigenvalue weighted by Crippen LogP contribution is -2.32. The molecule has 2 atom stereocenters. The molecule has 0 amide bonds. The van der Waals surface area contributed by atoms with Gasteiger partial charge >= 0.3 is 0 Å². The van der Waals surface area contributed by atoms with E-state index < -0.39 is 9.84 Å². The Morgan fingerprint density at radius 3 is 2.72 bits per heavy atom. The van der Waals surface area contributed by atoms with Crippen LogP contribution in [0.25, 0.3) is 0 Å². The fourth-order valence-corrected chi connectivity index (χ4v) is 3.22. The second-order valence-electron chi connectivity index (χ2n) is 4.66. The number of sulfone groups is 1. The van der Waals surface area contributed by atoms with Crippen LogP contribution in [-0.4, -0.2) is 20.2 Å². The third kappa shape index (κ3) is 2.97. The smallest absolute Gasteiger partial charge is 0.173 e. The van der Waals surface area contributed by atoms with Crippen LogP contribution in [0.1, 0.15) is 24.1 Å². The van der Waals surface area contributed by atoms with E-state index >= 15 is 0 Å². The zero-order valence-electron chi connectivity index (χ0n) is 10.4. The minimum Gasteiger partial charge on any atom is -0.303 e. The molecule has 1 aromatic carbocycles. The highest BCUT2D eigenvalue weighted by molar-refractivity contribution is 7.94. The van der Waals surface area contributed by atoms with Crippen molar-refractivity contribution in [2.45, 2.75) is 25.9 Å². The summed E-state index contributed by atoms with van der Waals surface area (Å²) in [6.45, 7) is 3.60. The predicted octanol–water partition coefficient (Wildman–Crippen LogP) is 2.10. The van der Waals surface area contributed by atoms with E-state index in [0.717, 1.165) is 5.56 Å². The largest absolute Gasteiger partial charge is 0.303 e. The quantitative estimate of drug-likeness (QED) is 0.914. The molecule has 1 aliphatic rings. The van der Waals surface area contributed by atoms with Crippen LogP contribution < -0.4 is 5.32 Å². The van der Waals surface area contributed by atoms with Gasteiger partial charge in [-0.15, -0.1) is 0 Å². The molecule has 0 fully saturated rings. The SMILES string of the molecule is Cc1ccc(C(C)NC2C=CS(=O)(=O)C2)cc1F. The summed E-state index contributed by atoms with van der Waals surface area (Å²) in [5.74, 6) is -0.165. The molecule has 1 N–H and O–H groups in total. The van der Waals surface area contributed by atoms with E-state index in [1.54, 1.807) is 19.1 Å². The fourth-order valence-electron chi connectivity index (χ4n) is 1.98. The van der Waals surface area contributed by atoms with Gasteiger partial charge in [-0.05, 0) is 31.0 Å². The van der Waals surface area contributed by atoms with Crippen LogP contribution in [0.3, 0.4) is 0 Å². The van der Waals surface area contributed by atoms with Gasteiger partial charge < -0.3 is 5.32 Å². The number of aryl methyl sites for hydroxylation is 1. The topological polar surface area (TPSA) is 46.2 Å². The predicted molar refractivity (Wildman–Crippen MR) is 69.4 cm³/mol. The van der Waals surface area contributed by atoms with Gasteiger partial charge in [-0.2, -0.15) is 0 Å². The summed E-state index contributed by atoms with van der Waals surface area (Å²) in [5.41, 5.74) is 1.42. The summed E-state index contributed by atoms with van der Waals surface area (Å²) in [4.78, 5) is 0. The molecular formula is C13H16FNO2S. The average molecular weight is 269 g/mol. The zero-order valence-corrected chi connectivity index (χ0v) is 11.2. The van der Waals surface area contributed by atoms with Crippen LogP contribution in [0.15, 0.2) is 29.7 Å². The van der Waals surface area contributed by atoms with Crippen LogP contribution >= 0.6 is 0 Å². The lowest BCUT2D eigenvalue weighted by molar-refractivity contribution is 0.530. The Balaban J connectivity index is 2.06. The Kier molecular flexibility index (Phi) is 3.54. The number of halogens is 1. The van der Waals surface area contributed by atoms with Crippen LogP contribution in [-0.2, 0) is 9.84 Å². The number of nitrogens with one attached hydrogen (secondary N) is 1. The molecule has 98 valence electrons. The van der Waals surface area contributed by atoms with Crippen molar-refractivity contribution in [2.75, 3.05) is 5.75 Å². The van der Waals surface area contributed by atoms with Crippen molar-refractivity contribution >= 4 is 9.84 Å². The molecule has 0 spiro atoms. The molecular weight excluding hydrogens is 253 g/mol. The fraction of sp³-hybridized carbons (Fsp3) is 0.385. The van der Waals surface area contributed by atoms with E-state index in [1.165, 1.54) is 11.5 Å². The second kappa shape index (κ2) is 4.82. The molecule has 18 heavy (non-hydrogen) atoms. The van der Waals surface area contributed by atoms with E-state index in [1.807, 2.05) is 13.0 Å². The van der Waals surface area contributed by atoms with Crippen molar-refractivity contribution in [3.63, 3.8) is 0 Å². The van der Waals surface area contributed by atoms with Gasteiger partial charge in [0.2, 0.25) is 0 Å². The summed E-state index contributed by atoms with van der Waals surface area (Å²) >= 11 is 0. The molecule has 0 saturated heterocycles. The van der Waals surface area contributed by atoms with E-state index in [9.17, 15) is 12.8 Å². The summed E-state index contributed by atoms with van der Waals surface area (Å²) in [6, 6.07) is 4.77. The van der Waals surface area contributed by atoms with Crippen molar-refractivity contribution in [2.24, 2.45) is 0 Å². The van der Waals surface area contributed by atoms with E-state index in [0.29, 0.717) is 5.56 Å². The first-order valence-corrected chi connectivity index (χ1v) is 7.52. The minimum absolute atomic E-state index is 0.0751. The molecule has 3 nitrogen and oxygen atoms in total. The van der Waals surface area contributed by atoms with Crippen molar-refractivity contribution in [3.05, 3.63) is 46.6 Å². The lowest BCUT2D eigenvalue weighted by Gasteiger charge is -2.18. The summed E-state index contributed by atoms with van der Waals surface area (Å²) in [7, 11) is -3.06. The first-order chi connectivity index (χ1) is 8.37. The molecule has 0 saturated carbocycles. The van der Waals surface area contributed by atoms with Gasteiger partial charge in [-0.1, -0.05) is 18.2 Å². The van der Waals surface area contributed by atoms with Crippen molar-refractivity contribution in [3.8, 4) is 0 Å². The van der Waals surface area contributed by atoms with Crippen LogP contribution in [0, 0.1) is 12.7 Å². The zero-order chi connectivity index (χ0) is 13.3. The number of benzene rings is 1. The van der Waals surface area contributed by atoms with Crippen LogP contribution in [0.5, 0.6) is 0 Å². The number of hydrogen-bond acceptors (Lipinski definition) is 3. The van der Waals surface area contributed by atoms with Gasteiger partial charge in [-0.3, -0.25) is 0 Å². The molecule has 0 aromatic heterocycles. The van der Waals surface area contributed by atoms with Crippen molar-refractivity contribution < 1.29 is 12.8 Å². The molecule has 1 aliphatic heterocycles. The molecule has 0 radical (unpaired) electrons. The molecule has 2 rings (SSSR count). The van der Waals surface area contributed by atoms with E-state index in [2.05, 4.69) is 5.32 Å². The highest BCUT2D eigenvalue weighted by Gasteiger charge is 2.23. The Morgan fingerprint density at radius 2 is 2.17 bits per heavy atom. The average Bonchev–Trinajstić information content (AvgIpc) is 2.62. The maximum absolute atomic E-state index is 13.4. The lowest BCUT2D eigenvalue weighted by atomic mass is 10.1. The minimum atomic E-state index is -3.06. The molecule has 1 heterocycles. The molecule has 0 aliphatic carbocycles. The molecule has 2 unspecified atom stereocenters. The van der Waals surface area contributed by atoms with E-state index in [4.69, 9.17) is 0 Å². The first-order valence-electron chi connectivity index (χ1n) is 5.80. The monoisotopic (exact) mass is 269 g/mol. The maximum atomic E-state index is 13.4. The summed E-state index contributed by atoms with van der Waals surface area (Å²) < 4.78 is 36.0. The van der Waals surface area contributed by atoms with Crippen molar-refractivity contribution in [1.29, 1.82) is 0 Å². The Morgan fingerprint density at radius 1 is 1.44 bits per heavy atom. The van der Waals surface area contributed by atoms with Gasteiger partial charge in [0.25, 0.3) is 0 Å². The third-order valence-corrected chi connectivity index (χ3v) is 4.49. The molecule has 5 heteroatoms. The standard InChI is InChI=1S/C13H16FNO2S/c1-9-3-4-11(7-13(9)14)10(2)15-12-5-6-18(16,17)8-12/h3-7,10,12,15H,8H2,1-2H3. The van der Waals surface area contributed by atoms with Gasteiger partial charge in [0.05, 0.1) is 5.75 Å². The number of rotatable bonds is 3. The molecule has 1 aromatic rings. The number of hydrogen-bond donors (Lipinski definition) is 1. The third-order valence-electron chi connectivity index (χ3n) is 3.09. The summed E-state index contributed by atoms with van der Waals surface area (Å²) in [6.07, 6.45) is 1.64. The van der Waals surface area contributed by atoms with E-state index in [-0.39, 0.29) is 23.7 Å². The van der Waals surface area contributed by atoms with Gasteiger partial charge in [0.1, 0.15) is 5.82 Å². The Hall–Kier alpha value is -1.20. The van der Waals surface area contributed by atoms with Crippen molar-refractivity contribution in [1.82, 2.24) is 5.32 Å². The van der Waals surface area contributed by atoms with Gasteiger partial charge in [-0.25, -0.2) is 12.8 Å². The Bertz CT molecular complexity index is 581. The second-order valence-corrected chi connectivity index (χ2v) is 6.59. The normalized spacial score (nSPS) is 23.2. The highest BCUT2D eigenvalue weighted by atomic mass is 32.2. The molecule has 0 bridgehead atoms. The summed E-state index contributed by atoms with van der Waals surface area (Å²) in [5, 5.41) is 4.39. The van der Waals surface area contributed by atoms with Crippen LogP contribution in [0.2, 0.25) is 0 Å². The van der Waals surface area contributed by atoms with Crippen LogP contribution in [0.4, 0.5) is 4.39 Å². The van der Waals surface area contributed by atoms with Gasteiger partial charge in [0.15, 0.2) is 9.84 Å². The highest BCUT2D eigenvalue weighted by Crippen LogP contribution is 2.18. The van der Waals surface area contributed by atoms with Gasteiger partial charge in [0, 0.05) is 17.5 Å². The first kappa shape index (κ1) is 13.2.